The minimum absolute atomic E-state index is 0.652. The molecule has 1 aromatic heterocycles. The van der Waals surface area contributed by atoms with Crippen LogP contribution in [0.2, 0.25) is 0 Å². The normalized spacial score (nSPS) is 8.88. The van der Waals surface area contributed by atoms with E-state index in [9.17, 15) is 0 Å². The van der Waals surface area contributed by atoms with Crippen LogP contribution in [0.4, 0.5) is 5.13 Å². The van der Waals surface area contributed by atoms with Crippen LogP contribution in [0.1, 0.15) is 38.8 Å². The predicted octanol–water partition coefficient (Wildman–Crippen LogP) is 4.55. The van der Waals surface area contributed by atoms with Crippen molar-refractivity contribution < 1.29 is 0 Å². The van der Waals surface area contributed by atoms with Gasteiger partial charge in [-0.25, -0.2) is 4.98 Å². The highest BCUT2D eigenvalue weighted by molar-refractivity contribution is 7.22. The Morgan fingerprint density at radius 2 is 1.62 bits per heavy atom. The summed E-state index contributed by atoms with van der Waals surface area (Å²) in [5.41, 5.74) is 9.14. The second-order valence-electron chi connectivity index (χ2n) is 2.98. The lowest BCUT2D eigenvalue weighted by Gasteiger charge is -1.95. The third-order valence-electron chi connectivity index (χ3n) is 1.84. The first-order valence-electron chi connectivity index (χ1n) is 5.80. The van der Waals surface area contributed by atoms with Gasteiger partial charge in [0.25, 0.3) is 0 Å². The van der Waals surface area contributed by atoms with Gasteiger partial charge >= 0.3 is 0 Å². The minimum Gasteiger partial charge on any atom is -0.375 e. The highest BCUT2D eigenvalue weighted by Gasteiger charge is 2.03. The second kappa shape index (κ2) is 7.23. The monoisotopic (exact) mass is 238 g/mol. The molecule has 0 aliphatic rings. The quantitative estimate of drug-likeness (QED) is 0.731. The highest BCUT2D eigenvalue weighted by atomic mass is 32.1. The first-order chi connectivity index (χ1) is 7.66. The largest absolute Gasteiger partial charge is 0.375 e. The van der Waals surface area contributed by atoms with Gasteiger partial charge in [-0.1, -0.05) is 45.1 Å². The summed E-state index contributed by atoms with van der Waals surface area (Å²) in [7, 11) is 0. The Labute approximate surface area is 103 Å². The van der Waals surface area contributed by atoms with Crippen LogP contribution in [0, 0.1) is 13.8 Å². The van der Waals surface area contributed by atoms with E-state index in [1.807, 2.05) is 27.7 Å². The number of nitrogens with two attached hydrogens (primary N) is 1. The Kier molecular flexibility index (Phi) is 6.74. The van der Waals surface area contributed by atoms with Gasteiger partial charge in [0, 0.05) is 0 Å². The van der Waals surface area contributed by atoms with E-state index in [0.29, 0.717) is 5.13 Å². The molecular weight excluding hydrogens is 216 g/mol. The third kappa shape index (κ3) is 3.49. The summed E-state index contributed by atoms with van der Waals surface area (Å²) in [6.45, 7) is 12.2. The molecule has 2 nitrogen and oxygen atoms in total. The zero-order valence-electron chi connectivity index (χ0n) is 11.1. The van der Waals surface area contributed by atoms with Gasteiger partial charge in [-0.15, -0.1) is 0 Å². The molecule has 0 unspecified atom stereocenters. The molecular formula is C13H22N2S. The maximum Gasteiger partial charge on any atom is 0.181 e. The average Bonchev–Trinajstić information content (AvgIpc) is 2.65. The van der Waals surface area contributed by atoms with Crippen molar-refractivity contribution >= 4 is 26.7 Å². The number of hydrogen-bond acceptors (Lipinski definition) is 3. The molecule has 0 spiro atoms. The molecule has 0 atom stereocenters. The molecule has 90 valence electrons. The molecule has 1 aromatic carbocycles. The number of benzene rings is 1. The summed E-state index contributed by atoms with van der Waals surface area (Å²) >= 11 is 1.55. The van der Waals surface area contributed by atoms with Crippen molar-refractivity contribution in [1.82, 2.24) is 4.98 Å². The zero-order valence-corrected chi connectivity index (χ0v) is 11.9. The SMILES string of the molecule is CC.CC.Cc1cc(C)c2sc(N)nc2c1. The predicted molar refractivity (Wildman–Crippen MR) is 76.2 cm³/mol. The van der Waals surface area contributed by atoms with Gasteiger partial charge in [-0.05, 0) is 31.0 Å². The number of anilines is 1. The van der Waals surface area contributed by atoms with Crippen molar-refractivity contribution in [3.8, 4) is 0 Å². The molecule has 0 bridgehead atoms. The molecule has 2 rings (SSSR count). The Morgan fingerprint density at radius 1 is 1.06 bits per heavy atom. The summed E-state index contributed by atoms with van der Waals surface area (Å²) in [5, 5.41) is 0.652. The van der Waals surface area contributed by atoms with Gasteiger partial charge < -0.3 is 5.73 Å². The molecule has 0 amide bonds. The molecule has 0 fully saturated rings. The highest BCUT2D eigenvalue weighted by Crippen LogP contribution is 2.27. The third-order valence-corrected chi connectivity index (χ3v) is 2.87. The fourth-order valence-corrected chi connectivity index (χ4v) is 2.18. The number of aromatic nitrogens is 1. The van der Waals surface area contributed by atoms with Crippen LogP contribution in [0.15, 0.2) is 12.1 Å². The van der Waals surface area contributed by atoms with Gasteiger partial charge in [0.05, 0.1) is 10.2 Å². The number of rotatable bonds is 0. The first kappa shape index (κ1) is 14.9. The molecule has 0 saturated carbocycles. The van der Waals surface area contributed by atoms with E-state index in [2.05, 4.69) is 31.0 Å². The van der Waals surface area contributed by atoms with E-state index in [0.717, 1.165) is 5.52 Å². The number of thiazole rings is 1. The van der Waals surface area contributed by atoms with E-state index in [-0.39, 0.29) is 0 Å². The van der Waals surface area contributed by atoms with Crippen LogP contribution in [-0.2, 0) is 0 Å². The molecule has 0 aliphatic heterocycles. The van der Waals surface area contributed by atoms with Crippen LogP contribution in [0.5, 0.6) is 0 Å². The maximum absolute atomic E-state index is 5.62. The first-order valence-corrected chi connectivity index (χ1v) is 6.62. The Bertz CT molecular complexity index is 433. The Morgan fingerprint density at radius 3 is 2.19 bits per heavy atom. The molecule has 2 N–H and O–H groups in total. The molecule has 1 heterocycles. The summed E-state index contributed by atoms with van der Waals surface area (Å²) in [6, 6.07) is 4.22. The van der Waals surface area contributed by atoms with E-state index in [1.165, 1.54) is 15.8 Å². The molecule has 2 aromatic rings. The van der Waals surface area contributed by atoms with E-state index in [4.69, 9.17) is 5.73 Å². The van der Waals surface area contributed by atoms with Crippen molar-refractivity contribution in [2.45, 2.75) is 41.5 Å². The van der Waals surface area contributed by atoms with Crippen LogP contribution in [-0.4, -0.2) is 4.98 Å². The van der Waals surface area contributed by atoms with E-state index in [1.54, 1.807) is 11.3 Å². The molecule has 3 heteroatoms. The van der Waals surface area contributed by atoms with Gasteiger partial charge in [0.1, 0.15) is 0 Å². The van der Waals surface area contributed by atoms with Crippen molar-refractivity contribution in [3.63, 3.8) is 0 Å². The summed E-state index contributed by atoms with van der Waals surface area (Å²) < 4.78 is 1.21. The topological polar surface area (TPSA) is 38.9 Å². The lowest BCUT2D eigenvalue weighted by molar-refractivity contribution is 1.41. The minimum atomic E-state index is 0.652. The number of nitrogens with zero attached hydrogens (tertiary/aromatic N) is 1. The molecule has 0 aliphatic carbocycles. The lowest BCUT2D eigenvalue weighted by Crippen LogP contribution is -1.80. The van der Waals surface area contributed by atoms with E-state index >= 15 is 0 Å². The van der Waals surface area contributed by atoms with Crippen LogP contribution in [0.25, 0.3) is 10.2 Å². The summed E-state index contributed by atoms with van der Waals surface area (Å²) in [6.07, 6.45) is 0. The van der Waals surface area contributed by atoms with Crippen molar-refractivity contribution in [2.75, 3.05) is 5.73 Å². The van der Waals surface area contributed by atoms with Gasteiger partial charge in [-0.2, -0.15) is 0 Å². The number of nitrogen functional groups attached to an aromatic ring is 1. The van der Waals surface area contributed by atoms with Gasteiger partial charge in [0.15, 0.2) is 5.13 Å². The fraction of sp³-hybridized carbons (Fsp3) is 0.462. The molecule has 0 saturated heterocycles. The van der Waals surface area contributed by atoms with Crippen molar-refractivity contribution in [2.24, 2.45) is 0 Å². The van der Waals surface area contributed by atoms with Crippen LogP contribution < -0.4 is 5.73 Å². The average molecular weight is 238 g/mol. The van der Waals surface area contributed by atoms with Crippen molar-refractivity contribution in [1.29, 1.82) is 0 Å². The summed E-state index contributed by atoms with van der Waals surface area (Å²) in [4.78, 5) is 4.23. The number of fused-ring (bicyclic) bond motifs is 1. The number of aryl methyl sites for hydroxylation is 2. The van der Waals surface area contributed by atoms with E-state index < -0.39 is 0 Å². The number of hydrogen-bond donors (Lipinski definition) is 1. The molecule has 0 radical (unpaired) electrons. The Hall–Kier alpha value is -1.09. The van der Waals surface area contributed by atoms with Gasteiger partial charge in [0.2, 0.25) is 0 Å². The smallest absolute Gasteiger partial charge is 0.181 e. The lowest BCUT2D eigenvalue weighted by atomic mass is 10.1. The Balaban J connectivity index is 0.000000509. The van der Waals surface area contributed by atoms with Crippen LogP contribution >= 0.6 is 11.3 Å². The molecule has 16 heavy (non-hydrogen) atoms. The van der Waals surface area contributed by atoms with Crippen molar-refractivity contribution in [3.05, 3.63) is 23.3 Å². The summed E-state index contributed by atoms with van der Waals surface area (Å²) in [5.74, 6) is 0. The van der Waals surface area contributed by atoms with Crippen LogP contribution in [0.3, 0.4) is 0 Å². The standard InChI is InChI=1S/C9H10N2S.2C2H6/c1-5-3-6(2)8-7(4-5)11-9(10)12-8;2*1-2/h3-4H,1-2H3,(H2,10,11);2*1-2H3. The zero-order chi connectivity index (χ0) is 12.7. The maximum atomic E-state index is 5.62. The fourth-order valence-electron chi connectivity index (χ4n) is 1.39. The van der Waals surface area contributed by atoms with Gasteiger partial charge in [-0.3, -0.25) is 0 Å². The second-order valence-corrected chi connectivity index (χ2v) is 4.01.